The van der Waals surface area contributed by atoms with Crippen molar-refractivity contribution in [2.75, 3.05) is 20.8 Å². The van der Waals surface area contributed by atoms with Gasteiger partial charge in [0.15, 0.2) is 17.5 Å². The van der Waals surface area contributed by atoms with E-state index in [4.69, 9.17) is 15.2 Å². The molecule has 0 heterocycles. The second kappa shape index (κ2) is 6.90. The zero-order valence-electron chi connectivity index (χ0n) is 15.2. The van der Waals surface area contributed by atoms with Crippen LogP contribution in [-0.4, -0.2) is 26.7 Å². The minimum Gasteiger partial charge on any atom is -0.493 e. The highest BCUT2D eigenvalue weighted by molar-refractivity contribution is 5.77. The summed E-state index contributed by atoms with van der Waals surface area (Å²) in [4.78, 5) is 4.45. The van der Waals surface area contributed by atoms with E-state index in [0.717, 1.165) is 18.0 Å². The quantitative estimate of drug-likeness (QED) is 0.620. The number of rotatable bonds is 6. The maximum Gasteiger partial charge on any atom is 0.188 e. The molecule has 0 radical (unpaired) electrons. The third kappa shape index (κ3) is 3.09. The van der Waals surface area contributed by atoms with Gasteiger partial charge in [-0.25, -0.2) is 4.99 Å². The van der Waals surface area contributed by atoms with E-state index in [9.17, 15) is 0 Å². The average Bonchev–Trinajstić information content (AvgIpc) is 3.22. The molecule has 1 saturated carbocycles. The van der Waals surface area contributed by atoms with Gasteiger partial charge < -0.3 is 20.5 Å². The molecule has 0 amide bonds. The van der Waals surface area contributed by atoms with Crippen LogP contribution in [0.2, 0.25) is 0 Å². The van der Waals surface area contributed by atoms with E-state index in [1.165, 1.54) is 17.5 Å². The lowest BCUT2D eigenvalue weighted by Gasteiger charge is -2.10. The molecule has 2 aromatic rings. The number of benzene rings is 2. The van der Waals surface area contributed by atoms with Crippen LogP contribution in [0.4, 0.5) is 0 Å². The minimum absolute atomic E-state index is 0.498. The van der Waals surface area contributed by atoms with Crippen LogP contribution < -0.4 is 20.5 Å². The molecule has 5 heteroatoms. The van der Waals surface area contributed by atoms with Gasteiger partial charge in [-0.3, -0.25) is 0 Å². The molecule has 0 spiro atoms. The normalized spacial score (nSPS) is 23.2. The summed E-state index contributed by atoms with van der Waals surface area (Å²) in [5, 5.41) is 3.30. The molecule has 5 nitrogen and oxygen atoms in total. The molecule has 3 N–H and O–H groups in total. The number of methoxy groups -OCH3 is 2. The zero-order chi connectivity index (χ0) is 18.1. The molecule has 2 aliphatic rings. The first-order chi connectivity index (χ1) is 12.7. The van der Waals surface area contributed by atoms with Crippen LogP contribution in [0.1, 0.15) is 22.6 Å². The Morgan fingerprint density at radius 2 is 1.96 bits per heavy atom. The van der Waals surface area contributed by atoms with E-state index >= 15 is 0 Å². The first-order valence-electron chi connectivity index (χ1n) is 9.03. The predicted molar refractivity (Wildman–Crippen MR) is 103 cm³/mol. The van der Waals surface area contributed by atoms with Crippen LogP contribution in [0, 0.1) is 11.8 Å². The predicted octanol–water partition coefficient (Wildman–Crippen LogP) is 2.69. The number of guanidine groups is 1. The van der Waals surface area contributed by atoms with Crippen molar-refractivity contribution < 1.29 is 9.47 Å². The molecule has 136 valence electrons. The highest BCUT2D eigenvalue weighted by Gasteiger charge is 2.54. The number of hydrogen-bond acceptors (Lipinski definition) is 3. The number of fused-ring (bicyclic) bond motifs is 3. The highest BCUT2D eigenvalue weighted by atomic mass is 16.5. The fraction of sp³-hybridized carbons (Fsp3) is 0.381. The third-order valence-corrected chi connectivity index (χ3v) is 5.60. The Kier molecular flexibility index (Phi) is 4.45. The topological polar surface area (TPSA) is 68.9 Å². The number of nitrogens with two attached hydrogens (primary N) is 1. The zero-order valence-corrected chi connectivity index (χ0v) is 15.2. The summed E-state index contributed by atoms with van der Waals surface area (Å²) in [6.45, 7) is 1.41. The summed E-state index contributed by atoms with van der Waals surface area (Å²) in [5.74, 6) is 4.08. The fourth-order valence-corrected chi connectivity index (χ4v) is 4.20. The van der Waals surface area contributed by atoms with Gasteiger partial charge >= 0.3 is 0 Å². The van der Waals surface area contributed by atoms with Gasteiger partial charge in [0.2, 0.25) is 0 Å². The summed E-state index contributed by atoms with van der Waals surface area (Å²) >= 11 is 0. The molecule has 4 rings (SSSR count). The van der Waals surface area contributed by atoms with Crippen LogP contribution in [0.3, 0.4) is 0 Å². The van der Waals surface area contributed by atoms with Crippen LogP contribution in [0.5, 0.6) is 11.5 Å². The second-order valence-electron chi connectivity index (χ2n) is 7.03. The minimum atomic E-state index is 0.498. The summed E-state index contributed by atoms with van der Waals surface area (Å²) in [6, 6.07) is 14.6. The molecule has 3 atom stereocenters. The van der Waals surface area contributed by atoms with E-state index in [-0.39, 0.29) is 0 Å². The maximum absolute atomic E-state index is 6.05. The van der Waals surface area contributed by atoms with Gasteiger partial charge in [0, 0.05) is 6.54 Å². The Labute approximate surface area is 154 Å². The van der Waals surface area contributed by atoms with Gasteiger partial charge in [0.25, 0.3) is 0 Å². The fourth-order valence-electron chi connectivity index (χ4n) is 4.20. The van der Waals surface area contributed by atoms with Crippen molar-refractivity contribution in [1.29, 1.82) is 0 Å². The Balaban J connectivity index is 1.30. The van der Waals surface area contributed by atoms with Crippen molar-refractivity contribution >= 4 is 5.96 Å². The smallest absolute Gasteiger partial charge is 0.188 e. The van der Waals surface area contributed by atoms with Crippen molar-refractivity contribution in [2.45, 2.75) is 18.9 Å². The second-order valence-corrected chi connectivity index (χ2v) is 7.03. The van der Waals surface area contributed by atoms with Gasteiger partial charge in [-0.1, -0.05) is 30.3 Å². The van der Waals surface area contributed by atoms with Crippen LogP contribution in [-0.2, 0) is 13.0 Å². The molecule has 2 aliphatic carbocycles. The average molecular weight is 351 g/mol. The van der Waals surface area contributed by atoms with E-state index in [1.54, 1.807) is 14.2 Å². The van der Waals surface area contributed by atoms with E-state index in [2.05, 4.69) is 34.6 Å². The van der Waals surface area contributed by atoms with Gasteiger partial charge in [-0.05, 0) is 53.0 Å². The first kappa shape index (κ1) is 16.8. The molecule has 0 bridgehead atoms. The monoisotopic (exact) mass is 351 g/mol. The summed E-state index contributed by atoms with van der Waals surface area (Å²) in [5.41, 5.74) is 10.1. The number of hydrogen-bond donors (Lipinski definition) is 2. The van der Waals surface area contributed by atoms with E-state index in [0.29, 0.717) is 35.8 Å². The highest BCUT2D eigenvalue weighted by Crippen LogP contribution is 2.60. The molecule has 2 aromatic carbocycles. The Hall–Kier alpha value is -2.69. The van der Waals surface area contributed by atoms with Crippen molar-refractivity contribution in [2.24, 2.45) is 22.6 Å². The van der Waals surface area contributed by atoms with Crippen molar-refractivity contribution in [1.82, 2.24) is 5.32 Å². The summed E-state index contributed by atoms with van der Waals surface area (Å²) < 4.78 is 10.6. The molecular weight excluding hydrogens is 326 g/mol. The summed E-state index contributed by atoms with van der Waals surface area (Å²) in [7, 11) is 3.26. The van der Waals surface area contributed by atoms with Gasteiger partial charge in [-0.2, -0.15) is 0 Å². The van der Waals surface area contributed by atoms with Crippen molar-refractivity contribution in [3.05, 3.63) is 59.2 Å². The van der Waals surface area contributed by atoms with Crippen LogP contribution in [0.25, 0.3) is 0 Å². The standard InChI is InChI=1S/C21H25N3O2/c1-25-18-8-7-13(9-19(18)26-2)11-23-21(22)24-12-17-16-10-14-5-3-4-6-15(14)20(16)17/h3-9,16-17,20H,10-12H2,1-2H3,(H3,22,23,24). The molecular formula is C21H25N3O2. The van der Waals surface area contributed by atoms with Crippen LogP contribution in [0.15, 0.2) is 47.5 Å². The number of ether oxygens (including phenoxy) is 2. The lowest BCUT2D eigenvalue weighted by molar-refractivity contribution is 0.354. The lowest BCUT2D eigenvalue weighted by atomic mass is 10.0. The Morgan fingerprint density at radius 3 is 2.77 bits per heavy atom. The Morgan fingerprint density at radius 1 is 1.15 bits per heavy atom. The maximum atomic E-state index is 6.05. The number of nitrogens with one attached hydrogen (secondary N) is 1. The molecule has 1 fully saturated rings. The first-order valence-corrected chi connectivity index (χ1v) is 9.03. The molecule has 0 aliphatic heterocycles. The molecule has 26 heavy (non-hydrogen) atoms. The van der Waals surface area contributed by atoms with Gasteiger partial charge in [0.1, 0.15) is 0 Å². The Bertz CT molecular complexity index is 834. The summed E-state index contributed by atoms with van der Waals surface area (Å²) in [6.07, 6.45) is 1.20. The van der Waals surface area contributed by atoms with E-state index < -0.39 is 0 Å². The molecule has 3 unspecified atom stereocenters. The van der Waals surface area contributed by atoms with Crippen LogP contribution >= 0.6 is 0 Å². The molecule has 0 aromatic heterocycles. The molecule has 0 saturated heterocycles. The van der Waals surface area contributed by atoms with Crippen molar-refractivity contribution in [3.63, 3.8) is 0 Å². The number of nitrogens with zero attached hydrogens (tertiary/aromatic N) is 1. The van der Waals surface area contributed by atoms with Gasteiger partial charge in [-0.15, -0.1) is 0 Å². The van der Waals surface area contributed by atoms with Crippen molar-refractivity contribution in [3.8, 4) is 11.5 Å². The lowest BCUT2D eigenvalue weighted by Crippen LogP contribution is -2.33. The SMILES string of the molecule is COc1ccc(CN=C(N)NCC2C3Cc4ccccc4C23)cc1OC. The van der Waals surface area contributed by atoms with E-state index in [1.807, 2.05) is 18.2 Å². The third-order valence-electron chi connectivity index (χ3n) is 5.60. The largest absolute Gasteiger partial charge is 0.493 e. The number of aliphatic imine (C=N–C) groups is 1. The van der Waals surface area contributed by atoms with Gasteiger partial charge in [0.05, 0.1) is 20.8 Å².